The molecule has 1 aromatic heterocycles. The molecule has 0 aliphatic heterocycles. The van der Waals surface area contributed by atoms with Gasteiger partial charge in [0.1, 0.15) is 5.76 Å². The summed E-state index contributed by atoms with van der Waals surface area (Å²) in [6, 6.07) is 13.7. The van der Waals surface area contributed by atoms with Crippen LogP contribution in [0.5, 0.6) is 0 Å². The first kappa shape index (κ1) is 11.3. The third-order valence-electron chi connectivity index (χ3n) is 3.96. The fourth-order valence-corrected chi connectivity index (χ4v) is 3.06. The second-order valence-corrected chi connectivity index (χ2v) is 5.08. The van der Waals surface area contributed by atoms with Gasteiger partial charge in [0, 0.05) is 5.56 Å². The largest absolute Gasteiger partial charge is 0.475 e. The first-order valence-electron chi connectivity index (χ1n) is 6.61. The summed E-state index contributed by atoms with van der Waals surface area (Å²) in [6.45, 7) is 0. The quantitative estimate of drug-likeness (QED) is 0.763. The van der Waals surface area contributed by atoms with Gasteiger partial charge in [-0.15, -0.1) is 0 Å². The molecule has 0 saturated heterocycles. The number of aromatic carboxylic acids is 1. The molecule has 4 rings (SSSR count). The molecule has 0 radical (unpaired) electrons. The van der Waals surface area contributed by atoms with E-state index in [1.807, 2.05) is 6.07 Å². The molecule has 20 heavy (non-hydrogen) atoms. The molecule has 0 saturated carbocycles. The van der Waals surface area contributed by atoms with Crippen molar-refractivity contribution in [3.8, 4) is 11.3 Å². The van der Waals surface area contributed by atoms with E-state index in [1.165, 1.54) is 22.6 Å². The van der Waals surface area contributed by atoms with Gasteiger partial charge in [0.25, 0.3) is 0 Å². The summed E-state index contributed by atoms with van der Waals surface area (Å²) in [5.74, 6) is -0.455. The first-order chi connectivity index (χ1) is 9.74. The Hall–Kier alpha value is -2.55. The van der Waals surface area contributed by atoms with Crippen molar-refractivity contribution < 1.29 is 14.3 Å². The summed E-state index contributed by atoms with van der Waals surface area (Å²) >= 11 is 0. The Bertz CT molecular complexity index is 832. The number of rotatable bonds is 2. The van der Waals surface area contributed by atoms with Gasteiger partial charge in [0.2, 0.25) is 5.76 Å². The predicted molar refractivity (Wildman–Crippen MR) is 76.0 cm³/mol. The monoisotopic (exact) mass is 264 g/mol. The van der Waals surface area contributed by atoms with Crippen LogP contribution in [-0.2, 0) is 12.8 Å². The lowest BCUT2D eigenvalue weighted by Gasteiger charge is -2.06. The number of hydrogen-bond acceptors (Lipinski definition) is 2. The third kappa shape index (κ3) is 1.50. The zero-order valence-electron chi connectivity index (χ0n) is 10.7. The summed E-state index contributed by atoms with van der Waals surface area (Å²) in [5, 5.41) is 11.4. The summed E-state index contributed by atoms with van der Waals surface area (Å²) in [4.78, 5) is 10.9. The van der Waals surface area contributed by atoms with Gasteiger partial charge < -0.3 is 9.52 Å². The van der Waals surface area contributed by atoms with E-state index in [4.69, 9.17) is 9.52 Å². The lowest BCUT2D eigenvalue weighted by atomic mass is 9.99. The van der Waals surface area contributed by atoms with Crippen LogP contribution in [0.15, 0.2) is 46.9 Å². The Morgan fingerprint density at radius 1 is 1.00 bits per heavy atom. The molecule has 1 aliphatic rings. The molecule has 2 aromatic carbocycles. The Balaban J connectivity index is 1.99. The average molecular weight is 264 g/mol. The Kier molecular flexibility index (Phi) is 2.24. The second kappa shape index (κ2) is 3.97. The standard InChI is InChI=1S/C17H12O3/c18-17(19)15-9-8-14(20-15)12-7-6-11-5-4-10-2-1-3-13(12)16(10)11/h1-3,6-9H,4-5H2,(H,18,19). The number of hydrogen-bond donors (Lipinski definition) is 1. The summed E-state index contributed by atoms with van der Waals surface area (Å²) in [5.41, 5.74) is 3.69. The summed E-state index contributed by atoms with van der Waals surface area (Å²) < 4.78 is 5.44. The van der Waals surface area contributed by atoms with Crippen molar-refractivity contribution in [1.82, 2.24) is 0 Å². The number of benzene rings is 2. The van der Waals surface area contributed by atoms with E-state index >= 15 is 0 Å². The van der Waals surface area contributed by atoms with E-state index < -0.39 is 5.97 Å². The molecule has 0 amide bonds. The minimum absolute atomic E-state index is 0.0248. The molecule has 1 aliphatic carbocycles. The van der Waals surface area contributed by atoms with Crippen molar-refractivity contribution in [3.63, 3.8) is 0 Å². The molecule has 0 atom stereocenters. The molecule has 1 heterocycles. The fraction of sp³-hybridized carbons (Fsp3) is 0.118. The number of carbonyl (C=O) groups is 1. The van der Waals surface area contributed by atoms with E-state index in [2.05, 4.69) is 24.3 Å². The Labute approximate surface area is 115 Å². The van der Waals surface area contributed by atoms with Crippen LogP contribution >= 0.6 is 0 Å². The van der Waals surface area contributed by atoms with Crippen LogP contribution in [-0.4, -0.2) is 11.1 Å². The van der Waals surface area contributed by atoms with Gasteiger partial charge in [-0.3, -0.25) is 0 Å². The van der Waals surface area contributed by atoms with Crippen molar-refractivity contribution in [3.05, 3.63) is 59.4 Å². The minimum Gasteiger partial charge on any atom is -0.475 e. The van der Waals surface area contributed by atoms with Crippen molar-refractivity contribution in [2.45, 2.75) is 12.8 Å². The highest BCUT2D eigenvalue weighted by atomic mass is 16.4. The maximum Gasteiger partial charge on any atom is 0.371 e. The van der Waals surface area contributed by atoms with Crippen molar-refractivity contribution in [2.75, 3.05) is 0 Å². The number of carboxylic acids is 1. The van der Waals surface area contributed by atoms with Crippen LogP contribution < -0.4 is 0 Å². The molecule has 98 valence electrons. The van der Waals surface area contributed by atoms with E-state index in [0.717, 1.165) is 23.8 Å². The second-order valence-electron chi connectivity index (χ2n) is 5.08. The van der Waals surface area contributed by atoms with E-state index in [0.29, 0.717) is 5.76 Å². The number of aryl methyl sites for hydroxylation is 2. The third-order valence-corrected chi connectivity index (χ3v) is 3.96. The fourth-order valence-electron chi connectivity index (χ4n) is 3.06. The van der Waals surface area contributed by atoms with E-state index in [9.17, 15) is 4.79 Å². The van der Waals surface area contributed by atoms with Crippen LogP contribution in [0.3, 0.4) is 0 Å². The highest BCUT2D eigenvalue weighted by molar-refractivity contribution is 6.00. The Morgan fingerprint density at radius 2 is 1.80 bits per heavy atom. The molecule has 0 fully saturated rings. The molecular formula is C17H12O3. The van der Waals surface area contributed by atoms with Crippen LogP contribution in [0.4, 0.5) is 0 Å². The number of carboxylic acid groups (broad SMARTS) is 1. The van der Waals surface area contributed by atoms with E-state index in [-0.39, 0.29) is 5.76 Å². The lowest BCUT2D eigenvalue weighted by molar-refractivity contribution is 0.0663. The van der Waals surface area contributed by atoms with Crippen LogP contribution in [0.2, 0.25) is 0 Å². The van der Waals surface area contributed by atoms with Crippen molar-refractivity contribution >= 4 is 16.7 Å². The average Bonchev–Trinajstić information content (AvgIpc) is 3.08. The Morgan fingerprint density at radius 3 is 2.55 bits per heavy atom. The summed E-state index contributed by atoms with van der Waals surface area (Å²) in [6.07, 6.45) is 2.16. The molecular weight excluding hydrogens is 252 g/mol. The van der Waals surface area contributed by atoms with Crippen LogP contribution in [0.1, 0.15) is 21.7 Å². The highest BCUT2D eigenvalue weighted by Crippen LogP contribution is 2.37. The maximum absolute atomic E-state index is 10.9. The van der Waals surface area contributed by atoms with E-state index in [1.54, 1.807) is 6.07 Å². The normalized spacial score (nSPS) is 13.0. The molecule has 0 spiro atoms. The molecule has 3 nitrogen and oxygen atoms in total. The zero-order valence-corrected chi connectivity index (χ0v) is 10.7. The molecule has 0 unspecified atom stereocenters. The van der Waals surface area contributed by atoms with Gasteiger partial charge >= 0.3 is 5.97 Å². The van der Waals surface area contributed by atoms with Crippen molar-refractivity contribution in [1.29, 1.82) is 0 Å². The predicted octanol–water partition coefficient (Wildman–Crippen LogP) is 3.90. The summed E-state index contributed by atoms with van der Waals surface area (Å²) in [7, 11) is 0. The molecule has 1 N–H and O–H groups in total. The number of furan rings is 1. The maximum atomic E-state index is 10.9. The SMILES string of the molecule is O=C(O)c1ccc(-c2ccc3c4c(cccc24)CC3)o1. The van der Waals surface area contributed by atoms with Crippen LogP contribution in [0.25, 0.3) is 22.1 Å². The van der Waals surface area contributed by atoms with Gasteiger partial charge in [-0.25, -0.2) is 4.79 Å². The highest BCUT2D eigenvalue weighted by Gasteiger charge is 2.18. The molecule has 3 heteroatoms. The smallest absolute Gasteiger partial charge is 0.371 e. The van der Waals surface area contributed by atoms with Gasteiger partial charge in [-0.2, -0.15) is 0 Å². The van der Waals surface area contributed by atoms with Crippen LogP contribution in [0, 0.1) is 0 Å². The topological polar surface area (TPSA) is 50.4 Å². The van der Waals surface area contributed by atoms with Gasteiger partial charge in [0.05, 0.1) is 0 Å². The van der Waals surface area contributed by atoms with Gasteiger partial charge in [-0.1, -0.05) is 30.3 Å². The zero-order chi connectivity index (χ0) is 13.7. The van der Waals surface area contributed by atoms with Gasteiger partial charge in [-0.05, 0) is 46.9 Å². The molecule has 0 bridgehead atoms. The van der Waals surface area contributed by atoms with Gasteiger partial charge in [0.15, 0.2) is 0 Å². The van der Waals surface area contributed by atoms with Crippen molar-refractivity contribution in [2.24, 2.45) is 0 Å². The minimum atomic E-state index is -1.04. The first-order valence-corrected chi connectivity index (χ1v) is 6.61. The molecule has 3 aromatic rings. The lowest BCUT2D eigenvalue weighted by Crippen LogP contribution is -1.91.